The van der Waals surface area contributed by atoms with Crippen LogP contribution in [0.1, 0.15) is 25.3 Å². The highest BCUT2D eigenvalue weighted by Gasteiger charge is 2.34. The van der Waals surface area contributed by atoms with Gasteiger partial charge in [0.15, 0.2) is 0 Å². The molecule has 0 aliphatic carbocycles. The Morgan fingerprint density at radius 2 is 2.47 bits per heavy atom. The summed E-state index contributed by atoms with van der Waals surface area (Å²) < 4.78 is 7.48. The summed E-state index contributed by atoms with van der Waals surface area (Å²) in [5, 5.41) is 7.78. The molecule has 0 spiro atoms. The van der Waals surface area contributed by atoms with Crippen LogP contribution < -0.4 is 5.32 Å². The van der Waals surface area contributed by atoms with E-state index in [0.717, 1.165) is 39.1 Å². The molecule has 1 fully saturated rings. The highest BCUT2D eigenvalue weighted by atomic mass is 16.5. The quantitative estimate of drug-likeness (QED) is 0.760. The van der Waals surface area contributed by atoms with Crippen molar-refractivity contribution >= 4 is 0 Å². The molecule has 0 bridgehead atoms. The van der Waals surface area contributed by atoms with E-state index in [9.17, 15) is 0 Å². The van der Waals surface area contributed by atoms with Gasteiger partial charge in [0.25, 0.3) is 0 Å². The first kappa shape index (κ1) is 12.6. The molecule has 0 amide bonds. The van der Waals surface area contributed by atoms with Crippen molar-refractivity contribution in [3.8, 4) is 0 Å². The Labute approximate surface area is 103 Å². The zero-order valence-corrected chi connectivity index (χ0v) is 10.9. The molecule has 0 radical (unpaired) electrons. The number of nitrogens with one attached hydrogen (secondary N) is 1. The van der Waals surface area contributed by atoms with E-state index >= 15 is 0 Å². The highest BCUT2D eigenvalue weighted by molar-refractivity contribution is 5.09. The summed E-state index contributed by atoms with van der Waals surface area (Å²) in [6.45, 7) is 6.11. The Kier molecular flexibility index (Phi) is 4.18. The molecule has 1 atom stereocenters. The zero-order chi connectivity index (χ0) is 12.1. The van der Waals surface area contributed by atoms with Gasteiger partial charge in [0.05, 0.1) is 12.8 Å². The summed E-state index contributed by atoms with van der Waals surface area (Å²) >= 11 is 0. The molecule has 1 aliphatic heterocycles. The lowest BCUT2D eigenvalue weighted by Crippen LogP contribution is -2.37. The van der Waals surface area contributed by atoms with Crippen molar-refractivity contribution in [3.05, 3.63) is 18.0 Å². The molecule has 0 saturated carbocycles. The van der Waals surface area contributed by atoms with Gasteiger partial charge < -0.3 is 10.1 Å². The van der Waals surface area contributed by atoms with Gasteiger partial charge in [0.1, 0.15) is 0 Å². The Morgan fingerprint density at radius 3 is 3.06 bits per heavy atom. The maximum atomic E-state index is 5.60. The van der Waals surface area contributed by atoms with Crippen LogP contribution in [0.3, 0.4) is 0 Å². The molecule has 2 rings (SSSR count). The summed E-state index contributed by atoms with van der Waals surface area (Å²) in [4.78, 5) is 0. The molecule has 1 aliphatic rings. The molecule has 1 unspecified atom stereocenters. The summed E-state index contributed by atoms with van der Waals surface area (Å²) in [5.41, 5.74) is 1.59. The minimum atomic E-state index is 0.276. The highest BCUT2D eigenvalue weighted by Crippen LogP contribution is 2.31. The Hall–Kier alpha value is -0.870. The molecule has 96 valence electrons. The lowest BCUT2D eigenvalue weighted by Gasteiger charge is -2.27. The van der Waals surface area contributed by atoms with Crippen LogP contribution in [-0.4, -0.2) is 36.1 Å². The number of ether oxygens (including phenoxy) is 1. The van der Waals surface area contributed by atoms with Crippen molar-refractivity contribution in [1.82, 2.24) is 15.1 Å². The van der Waals surface area contributed by atoms with Gasteiger partial charge in [-0.15, -0.1) is 0 Å². The van der Waals surface area contributed by atoms with E-state index in [-0.39, 0.29) is 5.41 Å². The molecule has 4 heteroatoms. The number of nitrogens with zero attached hydrogens (tertiary/aromatic N) is 2. The van der Waals surface area contributed by atoms with Gasteiger partial charge >= 0.3 is 0 Å². The van der Waals surface area contributed by atoms with Crippen molar-refractivity contribution < 1.29 is 4.74 Å². The van der Waals surface area contributed by atoms with Crippen LogP contribution in [0.5, 0.6) is 0 Å². The number of hydrogen-bond donors (Lipinski definition) is 1. The van der Waals surface area contributed by atoms with E-state index in [0.29, 0.717) is 0 Å². The summed E-state index contributed by atoms with van der Waals surface area (Å²) in [5.74, 6) is 0. The monoisotopic (exact) mass is 237 g/mol. The van der Waals surface area contributed by atoms with Crippen LogP contribution in [0, 0.1) is 5.41 Å². The predicted octanol–water partition coefficient (Wildman–Crippen LogP) is 1.37. The van der Waals surface area contributed by atoms with E-state index in [1.807, 2.05) is 17.9 Å². The number of aryl methyl sites for hydroxylation is 1. The normalized spacial score (nSPS) is 24.4. The van der Waals surface area contributed by atoms with Crippen molar-refractivity contribution in [1.29, 1.82) is 0 Å². The maximum absolute atomic E-state index is 5.60. The van der Waals surface area contributed by atoms with Gasteiger partial charge in [0, 0.05) is 31.8 Å². The fourth-order valence-corrected chi connectivity index (χ4v) is 2.52. The third kappa shape index (κ3) is 3.30. The van der Waals surface area contributed by atoms with Crippen LogP contribution in [0.25, 0.3) is 0 Å². The van der Waals surface area contributed by atoms with Gasteiger partial charge in [-0.1, -0.05) is 6.92 Å². The van der Waals surface area contributed by atoms with E-state index in [2.05, 4.69) is 23.5 Å². The Balaban J connectivity index is 1.96. The predicted molar refractivity (Wildman–Crippen MR) is 67.9 cm³/mol. The van der Waals surface area contributed by atoms with Crippen LogP contribution in [-0.2, 0) is 18.2 Å². The first-order valence-corrected chi connectivity index (χ1v) is 6.50. The summed E-state index contributed by atoms with van der Waals surface area (Å²) in [6, 6.07) is 0. The van der Waals surface area contributed by atoms with Gasteiger partial charge in [-0.25, -0.2) is 0 Å². The summed E-state index contributed by atoms with van der Waals surface area (Å²) in [7, 11) is 1.97. The standard InChI is InChI=1S/C13H23N3O/c1-3-5-14-10-13(4-6-17-11-13)7-12-8-15-16(2)9-12/h8-9,14H,3-7,10-11H2,1-2H3. The third-order valence-corrected chi connectivity index (χ3v) is 3.45. The largest absolute Gasteiger partial charge is 0.381 e. The van der Waals surface area contributed by atoms with Crippen molar-refractivity contribution in [2.75, 3.05) is 26.3 Å². The third-order valence-electron chi connectivity index (χ3n) is 3.45. The first-order valence-electron chi connectivity index (χ1n) is 6.50. The molecule has 1 aromatic rings. The van der Waals surface area contributed by atoms with Gasteiger partial charge in [-0.05, 0) is 31.4 Å². The van der Waals surface area contributed by atoms with E-state index in [1.54, 1.807) is 0 Å². The fraction of sp³-hybridized carbons (Fsp3) is 0.769. The van der Waals surface area contributed by atoms with E-state index in [4.69, 9.17) is 4.74 Å². The van der Waals surface area contributed by atoms with Crippen LogP contribution in [0.15, 0.2) is 12.4 Å². The number of hydrogen-bond acceptors (Lipinski definition) is 3. The SMILES string of the molecule is CCCNCC1(Cc2cnn(C)c2)CCOC1. The van der Waals surface area contributed by atoms with Crippen LogP contribution in [0.2, 0.25) is 0 Å². The van der Waals surface area contributed by atoms with E-state index < -0.39 is 0 Å². The molecule has 17 heavy (non-hydrogen) atoms. The second-order valence-electron chi connectivity index (χ2n) is 5.18. The molecule has 4 nitrogen and oxygen atoms in total. The smallest absolute Gasteiger partial charge is 0.0538 e. The lowest BCUT2D eigenvalue weighted by atomic mass is 9.81. The minimum absolute atomic E-state index is 0.276. The van der Waals surface area contributed by atoms with Gasteiger partial charge in [-0.2, -0.15) is 5.10 Å². The number of rotatable bonds is 6. The lowest BCUT2D eigenvalue weighted by molar-refractivity contribution is 0.149. The topological polar surface area (TPSA) is 39.1 Å². The van der Waals surface area contributed by atoms with Gasteiger partial charge in [-0.3, -0.25) is 4.68 Å². The van der Waals surface area contributed by atoms with Crippen LogP contribution in [0.4, 0.5) is 0 Å². The number of aromatic nitrogens is 2. The molecule has 1 aromatic heterocycles. The second-order valence-corrected chi connectivity index (χ2v) is 5.18. The first-order chi connectivity index (χ1) is 8.24. The van der Waals surface area contributed by atoms with Crippen molar-refractivity contribution in [2.45, 2.75) is 26.2 Å². The van der Waals surface area contributed by atoms with Crippen molar-refractivity contribution in [2.24, 2.45) is 12.5 Å². The maximum Gasteiger partial charge on any atom is 0.0538 e. The molecule has 2 heterocycles. The Bertz CT molecular complexity index is 342. The van der Waals surface area contributed by atoms with E-state index in [1.165, 1.54) is 12.0 Å². The minimum Gasteiger partial charge on any atom is -0.381 e. The molecule has 1 saturated heterocycles. The zero-order valence-electron chi connectivity index (χ0n) is 10.9. The molecule has 0 aromatic carbocycles. The van der Waals surface area contributed by atoms with Gasteiger partial charge in [0.2, 0.25) is 0 Å². The average Bonchev–Trinajstić information content (AvgIpc) is 2.90. The molecular weight excluding hydrogens is 214 g/mol. The summed E-state index contributed by atoms with van der Waals surface area (Å²) in [6.07, 6.45) is 7.49. The second kappa shape index (κ2) is 5.65. The molecule has 1 N–H and O–H groups in total. The molecular formula is C13H23N3O. The van der Waals surface area contributed by atoms with Crippen LogP contribution >= 0.6 is 0 Å². The van der Waals surface area contributed by atoms with Crippen molar-refractivity contribution in [3.63, 3.8) is 0 Å². The average molecular weight is 237 g/mol. The Morgan fingerprint density at radius 1 is 1.59 bits per heavy atom. The fourth-order valence-electron chi connectivity index (χ4n) is 2.52.